The van der Waals surface area contributed by atoms with Crippen LogP contribution in [0.3, 0.4) is 0 Å². The molecule has 5 nitrogen and oxygen atoms in total. The number of esters is 1. The average molecular weight is 401 g/mol. The number of hydrogen-bond donors (Lipinski definition) is 1. The van der Waals surface area contributed by atoms with Crippen LogP contribution in [0.15, 0.2) is 54.6 Å². The number of ether oxygens (including phenoxy) is 1. The van der Waals surface area contributed by atoms with Gasteiger partial charge in [0, 0.05) is 5.02 Å². The summed E-state index contributed by atoms with van der Waals surface area (Å²) in [7, 11) is 1.42. The van der Waals surface area contributed by atoms with E-state index in [1.54, 1.807) is 0 Å². The van der Waals surface area contributed by atoms with E-state index in [-0.39, 0.29) is 23.8 Å². The van der Waals surface area contributed by atoms with E-state index in [9.17, 15) is 9.59 Å². The van der Waals surface area contributed by atoms with Crippen molar-refractivity contribution in [2.45, 2.75) is 18.9 Å². The van der Waals surface area contributed by atoms with Crippen LogP contribution in [-0.4, -0.2) is 43.5 Å². The number of methoxy groups -OCH3 is 1. The van der Waals surface area contributed by atoms with Gasteiger partial charge in [0.1, 0.15) is 0 Å². The molecule has 28 heavy (non-hydrogen) atoms. The number of benzene rings is 2. The number of piperidine rings is 1. The molecule has 1 aliphatic rings. The third-order valence-electron chi connectivity index (χ3n) is 5.11. The minimum absolute atomic E-state index is 0.0506. The molecule has 148 valence electrons. The maximum absolute atomic E-state index is 12.7. The molecule has 1 saturated heterocycles. The van der Waals surface area contributed by atoms with Gasteiger partial charge < -0.3 is 10.1 Å². The average Bonchev–Trinajstić information content (AvgIpc) is 2.72. The molecule has 1 fully saturated rings. The Balaban J connectivity index is 1.65. The standard InChI is InChI=1S/C22H25ClN2O3/c1-28-22(27)17-10-12-25(13-11-17)15-20(26)24-21(16-6-3-2-4-7-16)18-8-5-9-19(23)14-18/h2-9,14,17,21H,10-13,15H2,1H3,(H,24,26). The predicted octanol–water partition coefficient (Wildman–Crippen LogP) is 3.43. The summed E-state index contributed by atoms with van der Waals surface area (Å²) < 4.78 is 4.82. The monoisotopic (exact) mass is 400 g/mol. The van der Waals surface area contributed by atoms with Crippen molar-refractivity contribution in [1.29, 1.82) is 0 Å². The number of nitrogens with zero attached hydrogens (tertiary/aromatic N) is 1. The molecular weight excluding hydrogens is 376 g/mol. The number of carbonyl (C=O) groups excluding carboxylic acids is 2. The summed E-state index contributed by atoms with van der Waals surface area (Å²) in [5.41, 5.74) is 1.94. The maximum Gasteiger partial charge on any atom is 0.308 e. The molecule has 1 heterocycles. The lowest BCUT2D eigenvalue weighted by molar-refractivity contribution is -0.147. The van der Waals surface area contributed by atoms with E-state index >= 15 is 0 Å². The van der Waals surface area contributed by atoms with Crippen molar-refractivity contribution in [3.05, 3.63) is 70.7 Å². The highest BCUT2D eigenvalue weighted by atomic mass is 35.5. The van der Waals surface area contributed by atoms with Crippen molar-refractivity contribution in [2.75, 3.05) is 26.7 Å². The Morgan fingerprint density at radius 3 is 2.43 bits per heavy atom. The molecular formula is C22H25ClN2O3. The van der Waals surface area contributed by atoms with Crippen LogP contribution in [0.1, 0.15) is 30.0 Å². The highest BCUT2D eigenvalue weighted by Gasteiger charge is 2.27. The Kier molecular flexibility index (Phi) is 7.06. The molecule has 1 unspecified atom stereocenters. The van der Waals surface area contributed by atoms with Crippen LogP contribution in [0.5, 0.6) is 0 Å². The first-order valence-corrected chi connectivity index (χ1v) is 9.84. The van der Waals surface area contributed by atoms with Crippen LogP contribution in [-0.2, 0) is 14.3 Å². The van der Waals surface area contributed by atoms with Crippen molar-refractivity contribution in [3.8, 4) is 0 Å². The summed E-state index contributed by atoms with van der Waals surface area (Å²) in [6.45, 7) is 1.72. The molecule has 2 aromatic carbocycles. The number of nitrogens with one attached hydrogen (secondary N) is 1. The molecule has 0 saturated carbocycles. The largest absolute Gasteiger partial charge is 0.469 e. The molecule has 1 N–H and O–H groups in total. The second-order valence-electron chi connectivity index (χ2n) is 7.04. The number of halogens is 1. The summed E-state index contributed by atoms with van der Waals surface area (Å²) in [5, 5.41) is 3.78. The quantitative estimate of drug-likeness (QED) is 0.755. The SMILES string of the molecule is COC(=O)C1CCN(CC(=O)NC(c2ccccc2)c2cccc(Cl)c2)CC1. The number of hydrogen-bond acceptors (Lipinski definition) is 4. The summed E-state index contributed by atoms with van der Waals surface area (Å²) in [5.74, 6) is -0.271. The van der Waals surface area contributed by atoms with Crippen molar-refractivity contribution in [3.63, 3.8) is 0 Å². The van der Waals surface area contributed by atoms with Crippen LogP contribution in [0.25, 0.3) is 0 Å². The number of rotatable bonds is 6. The van der Waals surface area contributed by atoms with Gasteiger partial charge in [0.2, 0.25) is 5.91 Å². The van der Waals surface area contributed by atoms with E-state index in [1.165, 1.54) is 7.11 Å². The lowest BCUT2D eigenvalue weighted by atomic mass is 9.97. The zero-order valence-electron chi connectivity index (χ0n) is 15.9. The van der Waals surface area contributed by atoms with E-state index in [0.717, 1.165) is 24.0 Å². The van der Waals surface area contributed by atoms with E-state index in [0.29, 0.717) is 24.7 Å². The molecule has 1 atom stereocenters. The molecule has 2 aromatic rings. The lowest BCUT2D eigenvalue weighted by Crippen LogP contribution is -2.43. The molecule has 0 spiro atoms. The van der Waals surface area contributed by atoms with Crippen LogP contribution in [0.2, 0.25) is 5.02 Å². The van der Waals surface area contributed by atoms with Gasteiger partial charge in [0.15, 0.2) is 0 Å². The first-order valence-electron chi connectivity index (χ1n) is 9.47. The normalized spacial score (nSPS) is 16.4. The van der Waals surface area contributed by atoms with E-state index in [4.69, 9.17) is 16.3 Å². The van der Waals surface area contributed by atoms with Crippen molar-refractivity contribution >= 4 is 23.5 Å². The first-order chi connectivity index (χ1) is 13.6. The van der Waals surface area contributed by atoms with Gasteiger partial charge in [-0.1, -0.05) is 54.1 Å². The fraction of sp³-hybridized carbons (Fsp3) is 0.364. The Morgan fingerprint density at radius 1 is 1.11 bits per heavy atom. The van der Waals surface area contributed by atoms with Crippen molar-refractivity contribution < 1.29 is 14.3 Å². The minimum Gasteiger partial charge on any atom is -0.469 e. The van der Waals surface area contributed by atoms with E-state index in [1.807, 2.05) is 54.6 Å². The fourth-order valence-corrected chi connectivity index (χ4v) is 3.79. The van der Waals surface area contributed by atoms with E-state index in [2.05, 4.69) is 10.2 Å². The zero-order chi connectivity index (χ0) is 19.9. The highest BCUT2D eigenvalue weighted by molar-refractivity contribution is 6.30. The van der Waals surface area contributed by atoms with Gasteiger partial charge in [-0.2, -0.15) is 0 Å². The highest BCUT2D eigenvalue weighted by Crippen LogP contribution is 2.25. The molecule has 1 amide bonds. The van der Waals surface area contributed by atoms with Crippen LogP contribution in [0, 0.1) is 5.92 Å². The summed E-state index contributed by atoms with van der Waals surface area (Å²) in [6.07, 6.45) is 1.44. The van der Waals surface area contributed by atoms with Crippen LogP contribution in [0.4, 0.5) is 0 Å². The molecule has 0 bridgehead atoms. The summed E-state index contributed by atoms with van der Waals surface area (Å²) in [6, 6.07) is 17.1. The Hall–Kier alpha value is -2.37. The van der Waals surface area contributed by atoms with E-state index < -0.39 is 0 Å². The van der Waals surface area contributed by atoms with Crippen molar-refractivity contribution in [1.82, 2.24) is 10.2 Å². The maximum atomic E-state index is 12.7. The van der Waals surface area contributed by atoms with Crippen LogP contribution >= 0.6 is 11.6 Å². The first kappa shape index (κ1) is 20.4. The third kappa shape index (κ3) is 5.33. The fourth-order valence-electron chi connectivity index (χ4n) is 3.59. The molecule has 0 radical (unpaired) electrons. The van der Waals surface area contributed by atoms with Crippen LogP contribution < -0.4 is 5.32 Å². The van der Waals surface area contributed by atoms with Gasteiger partial charge in [-0.15, -0.1) is 0 Å². The van der Waals surface area contributed by atoms with Crippen molar-refractivity contribution in [2.24, 2.45) is 5.92 Å². The topological polar surface area (TPSA) is 58.6 Å². The molecule has 6 heteroatoms. The summed E-state index contributed by atoms with van der Waals surface area (Å²) in [4.78, 5) is 26.5. The Labute approximate surface area is 170 Å². The zero-order valence-corrected chi connectivity index (χ0v) is 16.7. The predicted molar refractivity (Wildman–Crippen MR) is 109 cm³/mol. The second-order valence-corrected chi connectivity index (χ2v) is 7.48. The molecule has 3 rings (SSSR count). The number of amides is 1. The lowest BCUT2D eigenvalue weighted by Gasteiger charge is -2.30. The molecule has 1 aliphatic heterocycles. The number of likely N-dealkylation sites (tertiary alicyclic amines) is 1. The third-order valence-corrected chi connectivity index (χ3v) is 5.34. The van der Waals surface area contributed by atoms with Gasteiger partial charge in [-0.3, -0.25) is 14.5 Å². The summed E-state index contributed by atoms with van der Waals surface area (Å²) >= 11 is 6.16. The molecule has 0 aromatic heterocycles. The Bertz CT molecular complexity index is 804. The van der Waals surface area contributed by atoms with Gasteiger partial charge in [0.25, 0.3) is 0 Å². The number of carbonyl (C=O) groups is 2. The minimum atomic E-state index is -0.264. The van der Waals surface area contributed by atoms with Gasteiger partial charge in [-0.05, 0) is 49.2 Å². The second kappa shape index (κ2) is 9.71. The Morgan fingerprint density at radius 2 is 1.79 bits per heavy atom. The van der Waals surface area contributed by atoms with Gasteiger partial charge in [0.05, 0.1) is 25.6 Å². The van der Waals surface area contributed by atoms with Gasteiger partial charge >= 0.3 is 5.97 Å². The molecule has 0 aliphatic carbocycles. The smallest absolute Gasteiger partial charge is 0.308 e. The van der Waals surface area contributed by atoms with Gasteiger partial charge in [-0.25, -0.2) is 0 Å².